The Hall–Kier alpha value is -0.290. The number of rotatable bonds is 0. The van der Waals surface area contributed by atoms with Gasteiger partial charge in [0.25, 0.3) is 0 Å². The first kappa shape index (κ1) is 9.71. The highest BCUT2D eigenvalue weighted by atomic mass is 79.9. The lowest BCUT2D eigenvalue weighted by Crippen LogP contribution is -2.26. The first-order valence-electron chi connectivity index (χ1n) is 2.28. The highest BCUT2D eigenvalue weighted by Gasteiger charge is 2.03. The Morgan fingerprint density at radius 1 is 1.60 bits per heavy atom. The molecule has 0 saturated heterocycles. The Balaban J connectivity index is 0.000000810. The van der Waals surface area contributed by atoms with Gasteiger partial charge in [0.05, 0.1) is 0 Å². The zero-order valence-corrected chi connectivity index (χ0v) is 8.12. The molecule has 1 aromatic heterocycles. The number of aromatic hydroxyl groups is 1. The van der Waals surface area contributed by atoms with Crippen molar-refractivity contribution in [3.05, 3.63) is 28.1 Å². The third kappa shape index (κ3) is 1.85. The number of pyridine rings is 1. The summed E-state index contributed by atoms with van der Waals surface area (Å²) in [4.78, 5) is 0. The molecule has 0 aliphatic carbocycles. The van der Waals surface area contributed by atoms with Crippen LogP contribution in [0.4, 0.5) is 0 Å². The van der Waals surface area contributed by atoms with Crippen LogP contribution in [0.25, 0.3) is 0 Å². The summed E-state index contributed by atoms with van der Waals surface area (Å²) >= 11 is 2.88. The Bertz CT molecular complexity index is 209. The summed E-state index contributed by atoms with van der Waals surface area (Å²) in [5, 5.41) is 19.4. The molecule has 1 heterocycles. The van der Waals surface area contributed by atoms with Crippen LogP contribution in [-0.2, 0) is 0 Å². The third-order valence-corrected chi connectivity index (χ3v) is 1.64. The molecule has 10 heavy (non-hydrogen) atoms. The molecule has 5 heteroatoms. The topological polar surface area (TPSA) is 47.2 Å². The SMILES string of the molecule is Br.[O-][n+]1cccc(O)c1Br. The Morgan fingerprint density at radius 3 is 2.60 bits per heavy atom. The molecule has 1 N–H and O–H groups in total. The molecule has 0 radical (unpaired) electrons. The van der Waals surface area contributed by atoms with Crippen molar-refractivity contribution in [2.45, 2.75) is 0 Å². The van der Waals surface area contributed by atoms with Crippen LogP contribution in [-0.4, -0.2) is 5.11 Å². The molecule has 0 amide bonds. The maximum Gasteiger partial charge on any atom is 0.301 e. The number of halogens is 2. The Kier molecular flexibility index (Phi) is 3.67. The van der Waals surface area contributed by atoms with Crippen molar-refractivity contribution in [2.24, 2.45) is 0 Å². The van der Waals surface area contributed by atoms with E-state index in [0.717, 1.165) is 0 Å². The molecular weight excluding hydrogens is 266 g/mol. The fraction of sp³-hybridized carbons (Fsp3) is 0. The van der Waals surface area contributed by atoms with Gasteiger partial charge in [-0.3, -0.25) is 0 Å². The van der Waals surface area contributed by atoms with Gasteiger partial charge in [-0.1, -0.05) is 0 Å². The maximum atomic E-state index is 10.5. The van der Waals surface area contributed by atoms with Crippen LogP contribution >= 0.6 is 32.9 Å². The van der Waals surface area contributed by atoms with E-state index < -0.39 is 0 Å². The van der Waals surface area contributed by atoms with E-state index in [9.17, 15) is 5.21 Å². The number of hydrogen-bond acceptors (Lipinski definition) is 2. The van der Waals surface area contributed by atoms with Gasteiger partial charge >= 0.3 is 4.60 Å². The summed E-state index contributed by atoms with van der Waals surface area (Å²) in [5.41, 5.74) is 0. The smallest absolute Gasteiger partial charge is 0.301 e. The highest BCUT2D eigenvalue weighted by Crippen LogP contribution is 2.16. The van der Waals surface area contributed by atoms with E-state index in [2.05, 4.69) is 15.9 Å². The van der Waals surface area contributed by atoms with Gasteiger partial charge in [-0.05, 0) is 6.07 Å². The van der Waals surface area contributed by atoms with Crippen molar-refractivity contribution in [3.8, 4) is 5.75 Å². The molecule has 0 unspecified atom stereocenters. The molecule has 0 atom stereocenters. The summed E-state index contributed by atoms with van der Waals surface area (Å²) in [7, 11) is 0. The van der Waals surface area contributed by atoms with E-state index in [1.807, 2.05) is 0 Å². The van der Waals surface area contributed by atoms with E-state index in [0.29, 0.717) is 4.73 Å². The minimum absolute atomic E-state index is 0. The molecule has 0 fully saturated rings. The summed E-state index contributed by atoms with van der Waals surface area (Å²) < 4.78 is 0.681. The normalized spacial score (nSPS) is 8.50. The first-order chi connectivity index (χ1) is 4.22. The average molecular weight is 271 g/mol. The Labute approximate surface area is 76.8 Å². The highest BCUT2D eigenvalue weighted by molar-refractivity contribution is 9.10. The molecule has 0 saturated carbocycles. The number of nitrogens with zero attached hydrogens (tertiary/aromatic N) is 1. The van der Waals surface area contributed by atoms with E-state index >= 15 is 0 Å². The van der Waals surface area contributed by atoms with Gasteiger partial charge in [0, 0.05) is 22.0 Å². The number of hydrogen-bond donors (Lipinski definition) is 1. The predicted octanol–water partition coefficient (Wildman–Crippen LogP) is 1.37. The third-order valence-electron chi connectivity index (χ3n) is 0.880. The largest absolute Gasteiger partial charge is 0.618 e. The molecule has 0 bridgehead atoms. The van der Waals surface area contributed by atoms with Crippen LogP contribution in [0.15, 0.2) is 22.9 Å². The molecule has 0 aromatic carbocycles. The Morgan fingerprint density at radius 2 is 2.20 bits per heavy atom. The molecule has 3 nitrogen and oxygen atoms in total. The van der Waals surface area contributed by atoms with Gasteiger partial charge in [-0.15, -0.1) is 17.0 Å². The second kappa shape index (κ2) is 3.78. The standard InChI is InChI=1S/C5H4BrNO2.BrH/c6-5-4(8)2-1-3-7(5)9;/h1-3,8H;1H. The lowest BCUT2D eigenvalue weighted by atomic mass is 10.5. The second-order valence-corrected chi connectivity index (χ2v) is 2.26. The molecule has 0 spiro atoms. The zero-order chi connectivity index (χ0) is 6.85. The fourth-order valence-electron chi connectivity index (χ4n) is 0.459. The summed E-state index contributed by atoms with van der Waals surface area (Å²) in [5.74, 6) is -0.0486. The van der Waals surface area contributed by atoms with Gasteiger partial charge in [0.15, 0.2) is 11.9 Å². The van der Waals surface area contributed by atoms with Crippen molar-refractivity contribution in [1.82, 2.24) is 0 Å². The van der Waals surface area contributed by atoms with Crippen LogP contribution in [0.3, 0.4) is 0 Å². The summed E-state index contributed by atoms with van der Waals surface area (Å²) in [6.07, 6.45) is 1.30. The molecule has 1 aromatic rings. The van der Waals surface area contributed by atoms with Gasteiger partial charge in [-0.2, -0.15) is 4.73 Å². The van der Waals surface area contributed by atoms with Gasteiger partial charge in [0.2, 0.25) is 0 Å². The van der Waals surface area contributed by atoms with Crippen molar-refractivity contribution >= 4 is 32.9 Å². The second-order valence-electron chi connectivity index (χ2n) is 1.51. The van der Waals surface area contributed by atoms with Crippen LogP contribution in [0.2, 0.25) is 0 Å². The van der Waals surface area contributed by atoms with Crippen molar-refractivity contribution in [1.29, 1.82) is 0 Å². The van der Waals surface area contributed by atoms with Crippen molar-refractivity contribution in [2.75, 3.05) is 0 Å². The van der Waals surface area contributed by atoms with E-state index in [1.165, 1.54) is 18.3 Å². The average Bonchev–Trinajstić information content (AvgIpc) is 1.83. The minimum Gasteiger partial charge on any atom is -0.618 e. The van der Waals surface area contributed by atoms with Crippen LogP contribution in [0.5, 0.6) is 5.75 Å². The van der Waals surface area contributed by atoms with Crippen molar-refractivity contribution in [3.63, 3.8) is 0 Å². The molecule has 1 rings (SSSR count). The lowest BCUT2D eigenvalue weighted by Gasteiger charge is -1.97. The van der Waals surface area contributed by atoms with Gasteiger partial charge in [0.1, 0.15) is 0 Å². The molecule has 0 aliphatic rings. The first-order valence-corrected chi connectivity index (χ1v) is 3.08. The van der Waals surface area contributed by atoms with Crippen LogP contribution in [0, 0.1) is 5.21 Å². The molecule has 56 valence electrons. The molecule has 0 aliphatic heterocycles. The van der Waals surface area contributed by atoms with Crippen molar-refractivity contribution < 1.29 is 9.84 Å². The summed E-state index contributed by atoms with van der Waals surface area (Å²) in [6.45, 7) is 0. The fourth-order valence-corrected chi connectivity index (χ4v) is 0.710. The van der Waals surface area contributed by atoms with E-state index in [-0.39, 0.29) is 27.3 Å². The number of aromatic nitrogens is 1. The lowest BCUT2D eigenvalue weighted by molar-refractivity contribution is -0.617. The van der Waals surface area contributed by atoms with Gasteiger partial charge < -0.3 is 10.3 Å². The van der Waals surface area contributed by atoms with Gasteiger partial charge in [-0.25, -0.2) is 0 Å². The van der Waals surface area contributed by atoms with Crippen LogP contribution < -0.4 is 4.73 Å². The van der Waals surface area contributed by atoms with E-state index in [4.69, 9.17) is 5.11 Å². The quantitative estimate of drug-likeness (QED) is 0.440. The molecular formula is C5H5Br2NO2. The predicted molar refractivity (Wildman–Crippen MR) is 45.1 cm³/mol. The van der Waals surface area contributed by atoms with E-state index in [1.54, 1.807) is 0 Å². The maximum absolute atomic E-state index is 10.5. The monoisotopic (exact) mass is 269 g/mol. The zero-order valence-electron chi connectivity index (χ0n) is 4.82. The summed E-state index contributed by atoms with van der Waals surface area (Å²) in [6, 6.07) is 2.89. The minimum atomic E-state index is -0.0486. The van der Waals surface area contributed by atoms with Crippen LogP contribution in [0.1, 0.15) is 0 Å².